The van der Waals surface area contributed by atoms with Gasteiger partial charge in [-0.15, -0.1) is 0 Å². The minimum atomic E-state index is 0.117. The number of rotatable bonds is 2. The maximum atomic E-state index is 12.3. The van der Waals surface area contributed by atoms with Gasteiger partial charge in [-0.1, -0.05) is 31.0 Å². The largest absolute Gasteiger partial charge is 0.493 e. The second-order valence-electron chi connectivity index (χ2n) is 5.57. The molecule has 0 aromatic heterocycles. The maximum absolute atomic E-state index is 12.3. The number of hydrogen-bond donors (Lipinski definition) is 1. The molecule has 2 aliphatic rings. The van der Waals surface area contributed by atoms with E-state index in [0.29, 0.717) is 0 Å². The second-order valence-corrected chi connectivity index (χ2v) is 5.57. The van der Waals surface area contributed by atoms with E-state index in [1.54, 1.807) is 0 Å². The van der Waals surface area contributed by atoms with Gasteiger partial charge in [0.05, 0.1) is 12.6 Å². The molecule has 102 valence electrons. The van der Waals surface area contributed by atoms with Gasteiger partial charge in [0.25, 0.3) is 0 Å². The molecule has 1 N–H and O–H groups in total. The summed E-state index contributed by atoms with van der Waals surface area (Å²) < 4.78 is 5.73. The molecule has 1 saturated carbocycles. The third kappa shape index (κ3) is 2.75. The Bertz CT molecular complexity index is 452. The molecule has 0 radical (unpaired) electrons. The Hall–Kier alpha value is -1.51. The van der Waals surface area contributed by atoms with Crippen LogP contribution in [0.4, 0.5) is 0 Å². The number of benzene rings is 1. The first-order valence-electron chi connectivity index (χ1n) is 7.37. The Kier molecular flexibility index (Phi) is 3.72. The van der Waals surface area contributed by atoms with E-state index in [0.717, 1.165) is 43.6 Å². The van der Waals surface area contributed by atoms with Gasteiger partial charge in [-0.05, 0) is 31.7 Å². The predicted octanol–water partition coefficient (Wildman–Crippen LogP) is 3.21. The van der Waals surface area contributed by atoms with Crippen molar-refractivity contribution in [1.82, 2.24) is 5.32 Å². The normalized spacial score (nSPS) is 23.3. The van der Waals surface area contributed by atoms with Gasteiger partial charge >= 0.3 is 0 Å². The van der Waals surface area contributed by atoms with Gasteiger partial charge < -0.3 is 10.1 Å². The number of para-hydroxylation sites is 1. The average Bonchev–Trinajstić information content (AvgIpc) is 2.90. The first-order chi connectivity index (χ1) is 9.34. The van der Waals surface area contributed by atoms with Crippen LogP contribution in [-0.4, -0.2) is 12.5 Å². The molecule has 3 nitrogen and oxygen atoms in total. The van der Waals surface area contributed by atoms with E-state index in [1.165, 1.54) is 12.8 Å². The standard InChI is InChI=1S/C16H21NO2/c18-16(12-6-1-2-7-12)17-14-9-5-11-19-15-10-4-3-8-13(14)15/h3-4,8,10,12,14H,1-2,5-7,9,11H2,(H,17,18)/t14-/m1/s1. The zero-order valence-corrected chi connectivity index (χ0v) is 11.2. The highest BCUT2D eigenvalue weighted by Crippen LogP contribution is 2.32. The van der Waals surface area contributed by atoms with Gasteiger partial charge in [0, 0.05) is 11.5 Å². The second kappa shape index (κ2) is 5.64. The van der Waals surface area contributed by atoms with Crippen molar-refractivity contribution >= 4 is 5.91 Å². The van der Waals surface area contributed by atoms with Crippen molar-refractivity contribution in [2.24, 2.45) is 5.92 Å². The van der Waals surface area contributed by atoms with Crippen LogP contribution in [-0.2, 0) is 4.79 Å². The highest BCUT2D eigenvalue weighted by molar-refractivity contribution is 5.79. The highest BCUT2D eigenvalue weighted by Gasteiger charge is 2.27. The van der Waals surface area contributed by atoms with Crippen LogP contribution >= 0.6 is 0 Å². The van der Waals surface area contributed by atoms with E-state index < -0.39 is 0 Å². The van der Waals surface area contributed by atoms with Crippen LogP contribution in [0.25, 0.3) is 0 Å². The molecule has 1 aliphatic carbocycles. The van der Waals surface area contributed by atoms with E-state index in [1.807, 2.05) is 18.2 Å². The summed E-state index contributed by atoms with van der Waals surface area (Å²) in [5, 5.41) is 3.24. The van der Waals surface area contributed by atoms with E-state index >= 15 is 0 Å². The zero-order chi connectivity index (χ0) is 13.1. The molecule has 19 heavy (non-hydrogen) atoms. The fraction of sp³-hybridized carbons (Fsp3) is 0.562. The summed E-state index contributed by atoms with van der Waals surface area (Å²) in [7, 11) is 0. The first kappa shape index (κ1) is 12.5. The first-order valence-corrected chi connectivity index (χ1v) is 7.37. The van der Waals surface area contributed by atoms with E-state index in [4.69, 9.17) is 4.74 Å². The topological polar surface area (TPSA) is 38.3 Å². The van der Waals surface area contributed by atoms with Gasteiger partial charge in [0.2, 0.25) is 5.91 Å². The third-order valence-electron chi connectivity index (χ3n) is 4.23. The van der Waals surface area contributed by atoms with Crippen molar-refractivity contribution in [1.29, 1.82) is 0 Å². The zero-order valence-electron chi connectivity index (χ0n) is 11.2. The summed E-state index contributed by atoms with van der Waals surface area (Å²) in [6, 6.07) is 8.18. The molecule has 1 aromatic rings. The molecule has 0 spiro atoms. The molecule has 1 aromatic carbocycles. The van der Waals surface area contributed by atoms with Crippen LogP contribution < -0.4 is 10.1 Å². The van der Waals surface area contributed by atoms with Crippen molar-refractivity contribution in [3.05, 3.63) is 29.8 Å². The van der Waals surface area contributed by atoms with Gasteiger partial charge in [-0.2, -0.15) is 0 Å². The van der Waals surface area contributed by atoms with Crippen LogP contribution in [0.2, 0.25) is 0 Å². The average molecular weight is 259 g/mol. The van der Waals surface area contributed by atoms with Gasteiger partial charge in [0.15, 0.2) is 0 Å². The van der Waals surface area contributed by atoms with E-state index in [9.17, 15) is 4.79 Å². The third-order valence-corrected chi connectivity index (χ3v) is 4.23. The van der Waals surface area contributed by atoms with Crippen molar-refractivity contribution in [3.63, 3.8) is 0 Å². The molecule has 1 amide bonds. The van der Waals surface area contributed by atoms with Gasteiger partial charge in [-0.3, -0.25) is 4.79 Å². The predicted molar refractivity (Wildman–Crippen MR) is 74.0 cm³/mol. The molecule has 1 heterocycles. The Balaban J connectivity index is 1.74. The van der Waals surface area contributed by atoms with Crippen molar-refractivity contribution in [3.8, 4) is 5.75 Å². The van der Waals surface area contributed by atoms with Gasteiger partial charge in [0.1, 0.15) is 5.75 Å². The van der Waals surface area contributed by atoms with Crippen LogP contribution in [0.3, 0.4) is 0 Å². The van der Waals surface area contributed by atoms with Crippen molar-refractivity contribution in [2.45, 2.75) is 44.6 Å². The Morgan fingerprint density at radius 2 is 1.89 bits per heavy atom. The number of nitrogens with one attached hydrogen (secondary N) is 1. The maximum Gasteiger partial charge on any atom is 0.223 e. The molecule has 1 atom stereocenters. The Morgan fingerprint density at radius 3 is 2.74 bits per heavy atom. The Morgan fingerprint density at radius 1 is 1.11 bits per heavy atom. The molecule has 0 bridgehead atoms. The summed E-state index contributed by atoms with van der Waals surface area (Å²) in [6.45, 7) is 0.743. The lowest BCUT2D eigenvalue weighted by atomic mass is 10.00. The minimum absolute atomic E-state index is 0.117. The summed E-state index contributed by atoms with van der Waals surface area (Å²) in [6.07, 6.45) is 6.46. The monoisotopic (exact) mass is 259 g/mol. The number of ether oxygens (including phenoxy) is 1. The molecular formula is C16H21NO2. The lowest BCUT2D eigenvalue weighted by molar-refractivity contribution is -0.125. The fourth-order valence-corrected chi connectivity index (χ4v) is 3.15. The van der Waals surface area contributed by atoms with Crippen LogP contribution in [0.1, 0.15) is 50.1 Å². The number of fused-ring (bicyclic) bond motifs is 1. The summed E-state index contributed by atoms with van der Waals surface area (Å²) in [5.74, 6) is 1.40. The van der Waals surface area contributed by atoms with Crippen molar-refractivity contribution in [2.75, 3.05) is 6.61 Å². The molecular weight excluding hydrogens is 238 g/mol. The molecule has 0 saturated heterocycles. The SMILES string of the molecule is O=C(N[C@@H]1CCCOc2ccccc21)C1CCCC1. The Labute approximate surface area is 114 Å². The smallest absolute Gasteiger partial charge is 0.223 e. The highest BCUT2D eigenvalue weighted by atomic mass is 16.5. The number of amides is 1. The number of carbonyl (C=O) groups is 1. The summed E-state index contributed by atoms with van der Waals surface area (Å²) in [5.41, 5.74) is 1.13. The molecule has 3 heteroatoms. The van der Waals surface area contributed by atoms with Crippen LogP contribution in [0, 0.1) is 5.92 Å². The van der Waals surface area contributed by atoms with E-state index in [-0.39, 0.29) is 17.9 Å². The number of hydrogen-bond acceptors (Lipinski definition) is 2. The lowest BCUT2D eigenvalue weighted by Crippen LogP contribution is -2.32. The fourth-order valence-electron chi connectivity index (χ4n) is 3.15. The minimum Gasteiger partial charge on any atom is -0.493 e. The van der Waals surface area contributed by atoms with E-state index in [2.05, 4.69) is 11.4 Å². The van der Waals surface area contributed by atoms with Crippen LogP contribution in [0.5, 0.6) is 5.75 Å². The summed E-state index contributed by atoms with van der Waals surface area (Å²) in [4.78, 5) is 12.3. The van der Waals surface area contributed by atoms with Gasteiger partial charge in [-0.25, -0.2) is 0 Å². The number of carbonyl (C=O) groups excluding carboxylic acids is 1. The molecule has 1 aliphatic heterocycles. The molecule has 3 rings (SSSR count). The quantitative estimate of drug-likeness (QED) is 0.885. The molecule has 1 fully saturated rings. The summed E-state index contributed by atoms with van der Waals surface area (Å²) >= 11 is 0. The molecule has 0 unspecified atom stereocenters. The lowest BCUT2D eigenvalue weighted by Gasteiger charge is -2.20. The van der Waals surface area contributed by atoms with Crippen molar-refractivity contribution < 1.29 is 9.53 Å². The van der Waals surface area contributed by atoms with Crippen LogP contribution in [0.15, 0.2) is 24.3 Å².